The summed E-state index contributed by atoms with van der Waals surface area (Å²) in [5.74, 6) is -0.391. The molecule has 0 aliphatic carbocycles. The molecule has 0 radical (unpaired) electrons. The summed E-state index contributed by atoms with van der Waals surface area (Å²) in [4.78, 5) is 23.5. The zero-order chi connectivity index (χ0) is 15.2. The third-order valence-electron chi connectivity index (χ3n) is 2.95. The number of methoxy groups -OCH3 is 1. The maximum Gasteiger partial charge on any atom is 0.325 e. The van der Waals surface area contributed by atoms with E-state index in [0.29, 0.717) is 5.69 Å². The number of esters is 1. The first-order valence-corrected chi connectivity index (χ1v) is 6.25. The van der Waals surface area contributed by atoms with Gasteiger partial charge in [0.2, 0.25) is 0 Å². The van der Waals surface area contributed by atoms with Crippen LogP contribution in [0.4, 0.5) is 17.1 Å². The number of para-hydroxylation sites is 1. The SMILES string of the molecule is COC(=O)CN(c1ccccc1)c1ccc([N+](=O)[O-])cc1. The molecule has 0 N–H and O–H groups in total. The van der Waals surface area contributed by atoms with Crippen molar-refractivity contribution in [1.29, 1.82) is 0 Å². The Bertz CT molecular complexity index is 626. The van der Waals surface area contributed by atoms with E-state index in [9.17, 15) is 14.9 Å². The van der Waals surface area contributed by atoms with E-state index in [1.54, 1.807) is 17.0 Å². The van der Waals surface area contributed by atoms with Gasteiger partial charge in [0, 0.05) is 23.5 Å². The lowest BCUT2D eigenvalue weighted by Crippen LogP contribution is -2.26. The number of benzene rings is 2. The summed E-state index contributed by atoms with van der Waals surface area (Å²) >= 11 is 0. The first-order chi connectivity index (χ1) is 10.1. The number of nitro benzene ring substituents is 1. The number of carbonyl (C=O) groups excluding carboxylic acids is 1. The van der Waals surface area contributed by atoms with Crippen molar-refractivity contribution < 1.29 is 14.5 Å². The minimum Gasteiger partial charge on any atom is -0.468 e. The zero-order valence-corrected chi connectivity index (χ0v) is 11.4. The minimum atomic E-state index is -0.461. The zero-order valence-electron chi connectivity index (χ0n) is 11.4. The third-order valence-corrected chi connectivity index (χ3v) is 2.95. The Hall–Kier alpha value is -2.89. The summed E-state index contributed by atoms with van der Waals surface area (Å²) < 4.78 is 4.70. The fraction of sp³-hybridized carbons (Fsp3) is 0.133. The number of hydrogen-bond donors (Lipinski definition) is 0. The molecule has 108 valence electrons. The molecule has 0 fully saturated rings. The second kappa shape index (κ2) is 6.51. The van der Waals surface area contributed by atoms with Gasteiger partial charge >= 0.3 is 5.97 Å². The monoisotopic (exact) mass is 286 g/mol. The van der Waals surface area contributed by atoms with Crippen LogP contribution < -0.4 is 4.90 Å². The Morgan fingerprint density at radius 2 is 1.67 bits per heavy atom. The molecule has 0 unspecified atom stereocenters. The molecule has 6 nitrogen and oxygen atoms in total. The predicted molar refractivity (Wildman–Crippen MR) is 78.6 cm³/mol. The first kappa shape index (κ1) is 14.5. The highest BCUT2D eigenvalue weighted by Crippen LogP contribution is 2.26. The van der Waals surface area contributed by atoms with Gasteiger partial charge < -0.3 is 9.64 Å². The van der Waals surface area contributed by atoms with Gasteiger partial charge in [-0.1, -0.05) is 18.2 Å². The normalized spacial score (nSPS) is 9.95. The summed E-state index contributed by atoms with van der Waals surface area (Å²) in [5.41, 5.74) is 1.48. The smallest absolute Gasteiger partial charge is 0.325 e. The predicted octanol–water partition coefficient (Wildman–Crippen LogP) is 2.91. The van der Waals surface area contributed by atoms with E-state index >= 15 is 0 Å². The van der Waals surface area contributed by atoms with Gasteiger partial charge in [-0.3, -0.25) is 14.9 Å². The van der Waals surface area contributed by atoms with Crippen molar-refractivity contribution in [3.63, 3.8) is 0 Å². The number of non-ortho nitro benzene ring substituents is 1. The number of ether oxygens (including phenoxy) is 1. The molecule has 0 bridgehead atoms. The van der Waals surface area contributed by atoms with Crippen molar-refractivity contribution in [3.8, 4) is 0 Å². The molecule has 6 heteroatoms. The quantitative estimate of drug-likeness (QED) is 0.480. The van der Waals surface area contributed by atoms with Gasteiger partial charge in [-0.2, -0.15) is 0 Å². The Morgan fingerprint density at radius 1 is 1.10 bits per heavy atom. The first-order valence-electron chi connectivity index (χ1n) is 6.25. The van der Waals surface area contributed by atoms with Crippen LogP contribution in [0.2, 0.25) is 0 Å². The maximum absolute atomic E-state index is 11.6. The van der Waals surface area contributed by atoms with Crippen LogP contribution in [0.1, 0.15) is 0 Å². The molecule has 0 aliphatic heterocycles. The molecule has 0 atom stereocenters. The number of nitro groups is 1. The van der Waals surface area contributed by atoms with Gasteiger partial charge in [-0.05, 0) is 24.3 Å². The fourth-order valence-electron chi connectivity index (χ4n) is 1.89. The Balaban J connectivity index is 2.35. The summed E-state index contributed by atoms with van der Waals surface area (Å²) in [6.45, 7) is 0.0261. The lowest BCUT2D eigenvalue weighted by Gasteiger charge is -2.23. The standard InChI is InChI=1S/C15H14N2O4/c1-21-15(18)11-16(12-5-3-2-4-6-12)13-7-9-14(10-8-13)17(19)20/h2-10H,11H2,1H3. The van der Waals surface area contributed by atoms with Crippen LogP contribution in [0.5, 0.6) is 0 Å². The molecule has 0 heterocycles. The van der Waals surface area contributed by atoms with Crippen molar-refractivity contribution in [2.45, 2.75) is 0 Å². The molecule has 2 aromatic carbocycles. The third kappa shape index (κ3) is 3.56. The van der Waals surface area contributed by atoms with Gasteiger partial charge in [0.05, 0.1) is 12.0 Å². The second-order valence-electron chi connectivity index (χ2n) is 4.27. The van der Waals surface area contributed by atoms with Crippen LogP contribution in [0.15, 0.2) is 54.6 Å². The van der Waals surface area contributed by atoms with Crippen LogP contribution in [-0.4, -0.2) is 24.5 Å². The minimum absolute atomic E-state index is 0.00447. The van der Waals surface area contributed by atoms with Crippen LogP contribution in [0.25, 0.3) is 0 Å². The molecule has 0 saturated carbocycles. The van der Waals surface area contributed by atoms with Crippen LogP contribution in [-0.2, 0) is 9.53 Å². The average Bonchev–Trinajstić information content (AvgIpc) is 2.53. The molecule has 2 aromatic rings. The Morgan fingerprint density at radius 3 is 2.19 bits per heavy atom. The van der Waals surface area contributed by atoms with Crippen molar-refractivity contribution in [1.82, 2.24) is 0 Å². The highest BCUT2D eigenvalue weighted by atomic mass is 16.6. The lowest BCUT2D eigenvalue weighted by atomic mass is 10.2. The number of rotatable bonds is 5. The molecule has 0 aromatic heterocycles. The van der Waals surface area contributed by atoms with Gasteiger partial charge in [0.1, 0.15) is 6.54 Å². The van der Waals surface area contributed by atoms with Crippen LogP contribution in [0, 0.1) is 10.1 Å². The summed E-state index contributed by atoms with van der Waals surface area (Å²) in [6, 6.07) is 15.3. The highest BCUT2D eigenvalue weighted by molar-refractivity contribution is 5.80. The van der Waals surface area contributed by atoms with Crippen LogP contribution >= 0.6 is 0 Å². The molecule has 2 rings (SSSR count). The summed E-state index contributed by atoms with van der Waals surface area (Å²) in [7, 11) is 1.32. The van der Waals surface area contributed by atoms with E-state index in [-0.39, 0.29) is 12.2 Å². The van der Waals surface area contributed by atoms with E-state index in [2.05, 4.69) is 0 Å². The summed E-state index contributed by atoms with van der Waals surface area (Å²) in [6.07, 6.45) is 0. The van der Waals surface area contributed by atoms with Gasteiger partial charge in [0.25, 0.3) is 5.69 Å². The van der Waals surface area contributed by atoms with E-state index < -0.39 is 10.9 Å². The number of hydrogen-bond acceptors (Lipinski definition) is 5. The van der Waals surface area contributed by atoms with E-state index in [1.165, 1.54) is 19.2 Å². The molecule has 0 spiro atoms. The molecule has 0 aliphatic rings. The van der Waals surface area contributed by atoms with Gasteiger partial charge in [-0.25, -0.2) is 0 Å². The molecular weight excluding hydrogens is 272 g/mol. The van der Waals surface area contributed by atoms with Crippen molar-refractivity contribution in [3.05, 3.63) is 64.7 Å². The number of anilines is 2. The van der Waals surface area contributed by atoms with Crippen molar-refractivity contribution in [2.75, 3.05) is 18.6 Å². The molecule has 0 saturated heterocycles. The highest BCUT2D eigenvalue weighted by Gasteiger charge is 2.15. The Labute approximate surface area is 121 Å². The molecule has 0 amide bonds. The van der Waals surface area contributed by atoms with E-state index in [4.69, 9.17) is 4.74 Å². The largest absolute Gasteiger partial charge is 0.468 e. The number of nitrogens with zero attached hydrogens (tertiary/aromatic N) is 2. The van der Waals surface area contributed by atoms with E-state index in [1.807, 2.05) is 30.3 Å². The average molecular weight is 286 g/mol. The van der Waals surface area contributed by atoms with Gasteiger partial charge in [-0.15, -0.1) is 0 Å². The Kier molecular flexibility index (Phi) is 4.50. The maximum atomic E-state index is 11.6. The summed E-state index contributed by atoms with van der Waals surface area (Å²) in [5, 5.41) is 10.7. The second-order valence-corrected chi connectivity index (χ2v) is 4.27. The number of carbonyl (C=O) groups is 1. The van der Waals surface area contributed by atoms with E-state index in [0.717, 1.165) is 5.69 Å². The van der Waals surface area contributed by atoms with Crippen molar-refractivity contribution in [2.24, 2.45) is 0 Å². The molecular formula is C15H14N2O4. The van der Waals surface area contributed by atoms with Crippen molar-refractivity contribution >= 4 is 23.0 Å². The van der Waals surface area contributed by atoms with Gasteiger partial charge in [0.15, 0.2) is 0 Å². The molecule has 21 heavy (non-hydrogen) atoms. The van der Waals surface area contributed by atoms with Crippen LogP contribution in [0.3, 0.4) is 0 Å². The topological polar surface area (TPSA) is 72.7 Å². The lowest BCUT2D eigenvalue weighted by molar-refractivity contribution is -0.384. The fourth-order valence-corrected chi connectivity index (χ4v) is 1.89.